The molecule has 0 saturated carbocycles. The minimum atomic E-state index is -3.32. The van der Waals surface area contributed by atoms with E-state index < -0.39 is 10.0 Å². The summed E-state index contributed by atoms with van der Waals surface area (Å²) in [7, 11) is -3.32. The number of rotatable bonds is 7. The molecular weight excluding hydrogens is 345 g/mol. The summed E-state index contributed by atoms with van der Waals surface area (Å²) in [6.45, 7) is 1.96. The molecule has 2 aromatic rings. The van der Waals surface area contributed by atoms with Gasteiger partial charge in [0.15, 0.2) is 0 Å². The minimum Gasteiger partial charge on any atom is -0.338 e. The Labute approximate surface area is 146 Å². The summed E-state index contributed by atoms with van der Waals surface area (Å²) in [5, 5.41) is 5.35. The molecule has 0 aliphatic heterocycles. The van der Waals surface area contributed by atoms with Crippen LogP contribution in [0.2, 0.25) is 0 Å². The zero-order valence-corrected chi connectivity index (χ0v) is 14.6. The van der Waals surface area contributed by atoms with Gasteiger partial charge in [0.2, 0.25) is 10.0 Å². The summed E-state index contributed by atoms with van der Waals surface area (Å²) in [5.41, 5.74) is 1.90. The maximum Gasteiger partial charge on any atom is 0.319 e. The molecule has 0 aliphatic rings. The van der Waals surface area contributed by atoms with Crippen molar-refractivity contribution in [2.24, 2.45) is 0 Å². The van der Waals surface area contributed by atoms with E-state index in [0.717, 1.165) is 5.56 Å². The Morgan fingerprint density at radius 2 is 1.60 bits per heavy atom. The molecule has 0 saturated heterocycles. The van der Waals surface area contributed by atoms with Crippen LogP contribution < -0.4 is 15.4 Å². The molecule has 0 spiro atoms. The molecule has 0 unspecified atom stereocenters. The van der Waals surface area contributed by atoms with Crippen molar-refractivity contribution in [2.45, 2.75) is 13.3 Å². The Kier molecular flexibility index (Phi) is 6.35. The topological polar surface area (TPSA) is 87.3 Å². The van der Waals surface area contributed by atoms with Gasteiger partial charge in [0, 0.05) is 17.9 Å². The van der Waals surface area contributed by atoms with E-state index in [9.17, 15) is 17.6 Å². The van der Waals surface area contributed by atoms with Crippen LogP contribution in [-0.4, -0.2) is 26.7 Å². The Hall–Kier alpha value is -2.61. The number of benzene rings is 2. The van der Waals surface area contributed by atoms with E-state index in [0.29, 0.717) is 24.3 Å². The van der Waals surface area contributed by atoms with Crippen LogP contribution in [0.15, 0.2) is 48.5 Å². The second kappa shape index (κ2) is 8.48. The van der Waals surface area contributed by atoms with Gasteiger partial charge in [-0.05, 0) is 55.3 Å². The van der Waals surface area contributed by atoms with Crippen molar-refractivity contribution in [3.8, 4) is 0 Å². The molecule has 134 valence electrons. The minimum absolute atomic E-state index is 0.0105. The molecule has 0 atom stereocenters. The van der Waals surface area contributed by atoms with E-state index in [-0.39, 0.29) is 17.6 Å². The highest BCUT2D eigenvalue weighted by molar-refractivity contribution is 7.92. The zero-order valence-electron chi connectivity index (χ0n) is 13.8. The smallest absolute Gasteiger partial charge is 0.319 e. The standard InChI is InChI=1S/C17H20FN3O3S/c1-2-25(23,24)21-16-9-7-15(8-10-16)20-17(22)19-12-11-13-3-5-14(18)6-4-13/h3-10,21H,2,11-12H2,1H3,(H2,19,20,22). The third-order valence-corrected chi connectivity index (χ3v) is 4.72. The number of nitrogens with one attached hydrogen (secondary N) is 3. The summed E-state index contributed by atoms with van der Waals surface area (Å²) in [6, 6.07) is 12.1. The predicted octanol–water partition coefficient (Wildman–Crippen LogP) is 2.95. The van der Waals surface area contributed by atoms with Crippen molar-refractivity contribution < 1.29 is 17.6 Å². The van der Waals surface area contributed by atoms with Gasteiger partial charge in [-0.3, -0.25) is 4.72 Å². The van der Waals surface area contributed by atoms with E-state index in [4.69, 9.17) is 0 Å². The van der Waals surface area contributed by atoms with Gasteiger partial charge in [0.25, 0.3) is 0 Å². The molecule has 2 amide bonds. The van der Waals surface area contributed by atoms with Crippen LogP contribution in [0, 0.1) is 5.82 Å². The van der Waals surface area contributed by atoms with Gasteiger partial charge in [-0.2, -0.15) is 0 Å². The normalized spacial score (nSPS) is 11.0. The highest BCUT2D eigenvalue weighted by atomic mass is 32.2. The third kappa shape index (κ3) is 6.42. The SMILES string of the molecule is CCS(=O)(=O)Nc1ccc(NC(=O)NCCc2ccc(F)cc2)cc1. The van der Waals surface area contributed by atoms with E-state index >= 15 is 0 Å². The van der Waals surface area contributed by atoms with Crippen molar-refractivity contribution in [2.75, 3.05) is 22.3 Å². The Morgan fingerprint density at radius 1 is 1.00 bits per heavy atom. The van der Waals surface area contributed by atoms with Gasteiger partial charge >= 0.3 is 6.03 Å². The van der Waals surface area contributed by atoms with Gasteiger partial charge in [-0.25, -0.2) is 17.6 Å². The van der Waals surface area contributed by atoms with Gasteiger partial charge in [0.05, 0.1) is 5.75 Å². The summed E-state index contributed by atoms with van der Waals surface area (Å²) in [5.74, 6) is -0.303. The molecule has 0 aromatic heterocycles. The highest BCUT2D eigenvalue weighted by Gasteiger charge is 2.07. The number of hydrogen-bond donors (Lipinski definition) is 3. The molecule has 8 heteroatoms. The first-order valence-corrected chi connectivity index (χ1v) is 9.43. The highest BCUT2D eigenvalue weighted by Crippen LogP contribution is 2.14. The molecule has 0 heterocycles. The lowest BCUT2D eigenvalue weighted by molar-refractivity contribution is 0.252. The van der Waals surface area contributed by atoms with E-state index in [1.165, 1.54) is 12.1 Å². The fraction of sp³-hybridized carbons (Fsp3) is 0.235. The second-order valence-corrected chi connectivity index (χ2v) is 7.35. The van der Waals surface area contributed by atoms with Crippen molar-refractivity contribution >= 4 is 27.4 Å². The zero-order chi connectivity index (χ0) is 18.3. The molecule has 0 bridgehead atoms. The van der Waals surface area contributed by atoms with E-state index in [1.807, 2.05) is 0 Å². The monoisotopic (exact) mass is 365 g/mol. The third-order valence-electron chi connectivity index (χ3n) is 3.41. The largest absolute Gasteiger partial charge is 0.338 e. The fourth-order valence-corrected chi connectivity index (χ4v) is 2.66. The molecule has 0 fully saturated rings. The van der Waals surface area contributed by atoms with Gasteiger partial charge in [0.1, 0.15) is 5.82 Å². The average Bonchev–Trinajstić information content (AvgIpc) is 2.58. The lowest BCUT2D eigenvalue weighted by Crippen LogP contribution is -2.30. The number of sulfonamides is 1. The number of urea groups is 1. The Morgan fingerprint density at radius 3 is 2.20 bits per heavy atom. The van der Waals surface area contributed by atoms with Gasteiger partial charge in [-0.15, -0.1) is 0 Å². The molecule has 3 N–H and O–H groups in total. The lowest BCUT2D eigenvalue weighted by Gasteiger charge is -2.09. The number of halogens is 1. The number of hydrogen-bond acceptors (Lipinski definition) is 3. The molecule has 0 radical (unpaired) electrons. The first-order chi connectivity index (χ1) is 11.9. The maximum absolute atomic E-state index is 12.8. The Balaban J connectivity index is 1.79. The molecule has 0 aliphatic carbocycles. The summed E-state index contributed by atoms with van der Waals surface area (Å²) in [4.78, 5) is 11.8. The molecule has 2 aromatic carbocycles. The Bertz CT molecular complexity index is 806. The van der Waals surface area contributed by atoms with Crippen LogP contribution in [0.5, 0.6) is 0 Å². The van der Waals surface area contributed by atoms with Crippen molar-refractivity contribution in [1.29, 1.82) is 0 Å². The summed E-state index contributed by atoms with van der Waals surface area (Å²) in [6.07, 6.45) is 0.589. The van der Waals surface area contributed by atoms with Crippen LogP contribution in [-0.2, 0) is 16.4 Å². The first kappa shape index (κ1) is 18.7. The second-order valence-electron chi connectivity index (χ2n) is 5.34. The molecule has 6 nitrogen and oxygen atoms in total. The average molecular weight is 365 g/mol. The van der Waals surface area contributed by atoms with Crippen LogP contribution in [0.1, 0.15) is 12.5 Å². The molecule has 25 heavy (non-hydrogen) atoms. The fourth-order valence-electron chi connectivity index (χ4n) is 2.02. The number of carbonyl (C=O) groups is 1. The van der Waals surface area contributed by atoms with E-state index in [1.54, 1.807) is 43.3 Å². The van der Waals surface area contributed by atoms with Gasteiger partial charge < -0.3 is 10.6 Å². The number of carbonyl (C=O) groups excluding carboxylic acids is 1. The van der Waals surface area contributed by atoms with Crippen molar-refractivity contribution in [3.63, 3.8) is 0 Å². The van der Waals surface area contributed by atoms with Crippen molar-refractivity contribution in [3.05, 3.63) is 59.9 Å². The maximum atomic E-state index is 12.8. The number of amides is 2. The summed E-state index contributed by atoms with van der Waals surface area (Å²) < 4.78 is 38.2. The molecule has 2 rings (SSSR count). The van der Waals surface area contributed by atoms with Crippen LogP contribution in [0.25, 0.3) is 0 Å². The van der Waals surface area contributed by atoms with Crippen LogP contribution >= 0.6 is 0 Å². The predicted molar refractivity (Wildman–Crippen MR) is 96.7 cm³/mol. The summed E-state index contributed by atoms with van der Waals surface area (Å²) >= 11 is 0. The quantitative estimate of drug-likeness (QED) is 0.705. The van der Waals surface area contributed by atoms with Crippen LogP contribution in [0.4, 0.5) is 20.6 Å². The van der Waals surface area contributed by atoms with E-state index in [2.05, 4.69) is 15.4 Å². The van der Waals surface area contributed by atoms with Crippen molar-refractivity contribution in [1.82, 2.24) is 5.32 Å². The van der Waals surface area contributed by atoms with Gasteiger partial charge in [-0.1, -0.05) is 12.1 Å². The lowest BCUT2D eigenvalue weighted by atomic mass is 10.1. The molecular formula is C17H20FN3O3S. The first-order valence-electron chi connectivity index (χ1n) is 7.78. The van der Waals surface area contributed by atoms with Crippen LogP contribution in [0.3, 0.4) is 0 Å². The number of anilines is 2.